The lowest BCUT2D eigenvalue weighted by Gasteiger charge is -2.25. The summed E-state index contributed by atoms with van der Waals surface area (Å²) < 4.78 is 33.0. The van der Waals surface area contributed by atoms with Crippen LogP contribution in [0.15, 0.2) is 16.6 Å². The number of rotatable bonds is 5. The van der Waals surface area contributed by atoms with Crippen LogP contribution in [0.2, 0.25) is 0 Å². The number of methoxy groups -OCH3 is 1. The first-order valence-corrected chi connectivity index (χ1v) is 6.51. The fraction of sp³-hybridized carbons (Fsp3) is 0.538. The van der Waals surface area contributed by atoms with Gasteiger partial charge in [-0.3, -0.25) is 0 Å². The molecule has 0 aromatic heterocycles. The van der Waals surface area contributed by atoms with Crippen LogP contribution in [0.5, 0.6) is 0 Å². The molecule has 0 aliphatic carbocycles. The Morgan fingerprint density at radius 2 is 1.83 bits per heavy atom. The molecule has 0 radical (unpaired) electrons. The maximum absolute atomic E-state index is 13.7. The molecule has 0 spiro atoms. The second-order valence-corrected chi connectivity index (χ2v) is 5.81. The summed E-state index contributed by atoms with van der Waals surface area (Å²) in [7, 11) is 1.60. The molecule has 0 aliphatic heterocycles. The van der Waals surface area contributed by atoms with Gasteiger partial charge in [-0.15, -0.1) is 0 Å². The summed E-state index contributed by atoms with van der Waals surface area (Å²) >= 11 is 3.04. The van der Waals surface area contributed by atoms with E-state index in [4.69, 9.17) is 10.5 Å². The SMILES string of the molecule is COC(C)(C)CCC(N)c1c(F)cc(Br)cc1F. The molecule has 1 unspecified atom stereocenters. The second-order valence-electron chi connectivity index (χ2n) is 4.89. The first kappa shape index (κ1) is 15.5. The third-order valence-corrected chi connectivity index (χ3v) is 3.48. The van der Waals surface area contributed by atoms with Gasteiger partial charge in [0.1, 0.15) is 11.6 Å². The van der Waals surface area contributed by atoms with E-state index in [0.29, 0.717) is 17.3 Å². The minimum absolute atomic E-state index is 0.0647. The van der Waals surface area contributed by atoms with Gasteiger partial charge in [0.25, 0.3) is 0 Å². The molecule has 1 rings (SSSR count). The summed E-state index contributed by atoms with van der Waals surface area (Å²) in [6.45, 7) is 3.82. The van der Waals surface area contributed by atoms with E-state index in [1.807, 2.05) is 13.8 Å². The Labute approximate surface area is 115 Å². The summed E-state index contributed by atoms with van der Waals surface area (Å²) in [6, 6.07) is 1.77. The van der Waals surface area contributed by atoms with Gasteiger partial charge < -0.3 is 10.5 Å². The Balaban J connectivity index is 2.82. The molecular weight excluding hydrogens is 304 g/mol. The smallest absolute Gasteiger partial charge is 0.132 e. The highest BCUT2D eigenvalue weighted by molar-refractivity contribution is 9.10. The molecule has 0 fully saturated rings. The lowest BCUT2D eigenvalue weighted by Crippen LogP contribution is -2.25. The molecule has 0 saturated carbocycles. The van der Waals surface area contributed by atoms with Crippen LogP contribution in [0.4, 0.5) is 8.78 Å². The zero-order valence-corrected chi connectivity index (χ0v) is 12.4. The molecule has 1 aromatic carbocycles. The highest BCUT2D eigenvalue weighted by Crippen LogP contribution is 2.28. The minimum Gasteiger partial charge on any atom is -0.379 e. The first-order valence-electron chi connectivity index (χ1n) is 5.72. The van der Waals surface area contributed by atoms with Crippen molar-refractivity contribution in [3.8, 4) is 0 Å². The van der Waals surface area contributed by atoms with Gasteiger partial charge >= 0.3 is 0 Å². The van der Waals surface area contributed by atoms with E-state index < -0.39 is 17.7 Å². The molecule has 102 valence electrons. The molecule has 18 heavy (non-hydrogen) atoms. The van der Waals surface area contributed by atoms with Crippen molar-refractivity contribution in [1.29, 1.82) is 0 Å². The van der Waals surface area contributed by atoms with Crippen molar-refractivity contribution < 1.29 is 13.5 Å². The van der Waals surface area contributed by atoms with E-state index in [1.54, 1.807) is 7.11 Å². The molecule has 1 atom stereocenters. The summed E-state index contributed by atoms with van der Waals surface area (Å²) in [4.78, 5) is 0. The highest BCUT2D eigenvalue weighted by Gasteiger charge is 2.22. The largest absolute Gasteiger partial charge is 0.379 e. The van der Waals surface area contributed by atoms with Gasteiger partial charge in [-0.1, -0.05) is 15.9 Å². The maximum Gasteiger partial charge on any atom is 0.132 e. The number of benzene rings is 1. The Morgan fingerprint density at radius 3 is 2.28 bits per heavy atom. The standard InChI is InChI=1S/C13H18BrF2NO/c1-13(2,18-3)5-4-11(17)12-9(15)6-8(14)7-10(12)16/h6-7,11H,4-5,17H2,1-3H3. The Kier molecular flexibility index (Phi) is 5.25. The molecule has 2 nitrogen and oxygen atoms in total. The van der Waals surface area contributed by atoms with E-state index in [0.717, 1.165) is 0 Å². The van der Waals surface area contributed by atoms with Crippen LogP contribution in [0.1, 0.15) is 38.3 Å². The van der Waals surface area contributed by atoms with Crippen molar-refractivity contribution in [1.82, 2.24) is 0 Å². The van der Waals surface area contributed by atoms with Crippen molar-refractivity contribution in [3.63, 3.8) is 0 Å². The van der Waals surface area contributed by atoms with Crippen LogP contribution in [-0.4, -0.2) is 12.7 Å². The molecule has 0 heterocycles. The summed E-state index contributed by atoms with van der Waals surface area (Å²) in [5.41, 5.74) is 5.45. The van der Waals surface area contributed by atoms with Crippen LogP contribution in [0.3, 0.4) is 0 Å². The third-order valence-electron chi connectivity index (χ3n) is 3.02. The van der Waals surface area contributed by atoms with Gasteiger partial charge in [-0.25, -0.2) is 8.78 Å². The number of hydrogen-bond acceptors (Lipinski definition) is 2. The van der Waals surface area contributed by atoms with Gasteiger partial charge in [0.2, 0.25) is 0 Å². The average Bonchev–Trinajstić information content (AvgIpc) is 2.25. The van der Waals surface area contributed by atoms with Crippen molar-refractivity contribution in [2.24, 2.45) is 5.73 Å². The maximum atomic E-state index is 13.7. The number of hydrogen-bond donors (Lipinski definition) is 1. The Hall–Kier alpha value is -0.520. The monoisotopic (exact) mass is 321 g/mol. The lowest BCUT2D eigenvalue weighted by atomic mass is 9.95. The third kappa shape index (κ3) is 4.00. The molecular formula is C13H18BrF2NO. The summed E-state index contributed by atoms with van der Waals surface area (Å²) in [5.74, 6) is -1.24. The van der Waals surface area contributed by atoms with Crippen LogP contribution in [0.25, 0.3) is 0 Å². The van der Waals surface area contributed by atoms with E-state index in [1.165, 1.54) is 12.1 Å². The Morgan fingerprint density at radius 1 is 1.33 bits per heavy atom. The summed E-state index contributed by atoms with van der Waals surface area (Å²) in [5, 5.41) is 0. The van der Waals surface area contributed by atoms with E-state index in [2.05, 4.69) is 15.9 Å². The molecule has 0 bridgehead atoms. The molecule has 0 aliphatic rings. The molecule has 2 N–H and O–H groups in total. The molecule has 0 amide bonds. The molecule has 5 heteroatoms. The van der Waals surface area contributed by atoms with Crippen LogP contribution >= 0.6 is 15.9 Å². The van der Waals surface area contributed by atoms with Crippen molar-refractivity contribution in [2.75, 3.05) is 7.11 Å². The fourth-order valence-corrected chi connectivity index (χ4v) is 2.06. The van der Waals surface area contributed by atoms with Gasteiger partial charge in [0, 0.05) is 23.2 Å². The molecule has 0 saturated heterocycles. The normalized spacial score (nSPS) is 13.7. The van der Waals surface area contributed by atoms with E-state index >= 15 is 0 Å². The van der Waals surface area contributed by atoms with Crippen LogP contribution in [-0.2, 0) is 4.74 Å². The predicted molar refractivity (Wildman–Crippen MR) is 71.3 cm³/mol. The summed E-state index contributed by atoms with van der Waals surface area (Å²) in [6.07, 6.45) is 1.08. The quantitative estimate of drug-likeness (QED) is 0.891. The van der Waals surface area contributed by atoms with Crippen molar-refractivity contribution in [3.05, 3.63) is 33.8 Å². The van der Waals surface area contributed by atoms with Crippen molar-refractivity contribution in [2.45, 2.75) is 38.3 Å². The topological polar surface area (TPSA) is 35.2 Å². The van der Waals surface area contributed by atoms with Gasteiger partial charge in [0.05, 0.1) is 5.60 Å². The van der Waals surface area contributed by atoms with Crippen LogP contribution < -0.4 is 5.73 Å². The number of nitrogens with two attached hydrogens (primary N) is 1. The second kappa shape index (κ2) is 6.08. The Bertz CT molecular complexity index is 400. The predicted octanol–water partition coefficient (Wildman–Crippen LogP) is 3.93. The van der Waals surface area contributed by atoms with E-state index in [-0.39, 0.29) is 11.2 Å². The van der Waals surface area contributed by atoms with Gasteiger partial charge in [-0.2, -0.15) is 0 Å². The minimum atomic E-state index is -0.674. The number of halogens is 3. The zero-order chi connectivity index (χ0) is 13.9. The zero-order valence-electron chi connectivity index (χ0n) is 10.8. The van der Waals surface area contributed by atoms with Gasteiger partial charge in [0.15, 0.2) is 0 Å². The van der Waals surface area contributed by atoms with Crippen molar-refractivity contribution >= 4 is 15.9 Å². The average molecular weight is 322 g/mol. The molecule has 1 aromatic rings. The lowest BCUT2D eigenvalue weighted by molar-refractivity contribution is 0.0123. The van der Waals surface area contributed by atoms with Gasteiger partial charge in [-0.05, 0) is 38.8 Å². The number of ether oxygens (including phenoxy) is 1. The first-order chi connectivity index (χ1) is 8.26. The highest BCUT2D eigenvalue weighted by atomic mass is 79.9. The van der Waals surface area contributed by atoms with E-state index in [9.17, 15) is 8.78 Å². The fourth-order valence-electron chi connectivity index (χ4n) is 1.66. The van der Waals surface area contributed by atoms with Crippen LogP contribution in [0, 0.1) is 11.6 Å².